The van der Waals surface area contributed by atoms with E-state index in [1.165, 1.54) is 14.2 Å². The van der Waals surface area contributed by atoms with Crippen LogP contribution < -0.4 is 9.47 Å². The monoisotopic (exact) mass is 650 g/mol. The average Bonchev–Trinajstić information content (AvgIpc) is 3.74. The van der Waals surface area contributed by atoms with Crippen molar-refractivity contribution in [2.75, 3.05) is 34.5 Å². The number of aryl methyl sites for hydroxylation is 1. The largest absolute Gasteiger partial charge is 0.506 e. The van der Waals surface area contributed by atoms with Crippen LogP contribution in [0.4, 0.5) is 0 Å². The smallest absolute Gasteiger partial charge is 0.276 e. The number of phenolic OH excluding ortho intramolecular Hbond substituents is 1. The van der Waals surface area contributed by atoms with Gasteiger partial charge in [0, 0.05) is 31.3 Å². The lowest BCUT2D eigenvalue weighted by molar-refractivity contribution is -0.313. The van der Waals surface area contributed by atoms with Gasteiger partial charge in [0.05, 0.1) is 50.6 Å². The molecule has 0 radical (unpaired) electrons. The Balaban J connectivity index is 1.30. The van der Waals surface area contributed by atoms with Crippen LogP contribution in [-0.4, -0.2) is 85.0 Å². The van der Waals surface area contributed by atoms with E-state index in [2.05, 4.69) is 0 Å². The molecule has 0 amide bonds. The van der Waals surface area contributed by atoms with Crippen LogP contribution in [0.3, 0.4) is 0 Å². The fraction of sp³-hybridized carbons (Fsp3) is 0.514. The van der Waals surface area contributed by atoms with Crippen molar-refractivity contribution in [2.45, 2.75) is 75.1 Å². The number of aliphatic hydroxyl groups excluding tert-OH is 2. The molecule has 3 saturated heterocycles. The van der Waals surface area contributed by atoms with Crippen LogP contribution in [0.1, 0.15) is 63.7 Å². The number of aromatic hydroxyl groups is 1. The van der Waals surface area contributed by atoms with E-state index in [-0.39, 0.29) is 41.4 Å². The first-order valence-corrected chi connectivity index (χ1v) is 15.8. The number of hydrogen-bond acceptors (Lipinski definition) is 12. The third-order valence-electron chi connectivity index (χ3n) is 10.8. The molecule has 0 aromatic heterocycles. The quantitative estimate of drug-likeness (QED) is 0.290. The number of epoxide rings is 1. The van der Waals surface area contributed by atoms with Crippen LogP contribution in [0.25, 0.3) is 10.8 Å². The fourth-order valence-corrected chi connectivity index (χ4v) is 8.45. The molecule has 3 aromatic rings. The Kier molecular flexibility index (Phi) is 6.97. The highest BCUT2D eigenvalue weighted by atomic mass is 16.9. The lowest BCUT2D eigenvalue weighted by Gasteiger charge is -2.49. The summed E-state index contributed by atoms with van der Waals surface area (Å²) in [6.07, 6.45) is -2.63. The Labute approximate surface area is 271 Å². The van der Waals surface area contributed by atoms with Crippen molar-refractivity contribution < 1.29 is 58.0 Å². The van der Waals surface area contributed by atoms with Gasteiger partial charge in [-0.05, 0) is 47.6 Å². The van der Waals surface area contributed by atoms with Crippen molar-refractivity contribution in [3.63, 3.8) is 0 Å². The number of ether oxygens (including phenoxy) is 8. The number of aliphatic hydroxyl groups is 2. The van der Waals surface area contributed by atoms with Crippen molar-refractivity contribution in [2.24, 2.45) is 5.92 Å². The Morgan fingerprint density at radius 3 is 2.45 bits per heavy atom. The zero-order valence-electron chi connectivity index (χ0n) is 26.8. The van der Waals surface area contributed by atoms with Crippen molar-refractivity contribution in [1.82, 2.24) is 0 Å². The summed E-state index contributed by atoms with van der Waals surface area (Å²) in [7, 11) is 4.54. The van der Waals surface area contributed by atoms with Crippen molar-refractivity contribution in [3.05, 3.63) is 63.7 Å². The lowest BCUT2D eigenvalue weighted by Crippen LogP contribution is -2.70. The van der Waals surface area contributed by atoms with Crippen LogP contribution in [0.15, 0.2) is 30.3 Å². The van der Waals surface area contributed by atoms with E-state index in [0.717, 1.165) is 16.9 Å². The molecule has 4 heterocycles. The molecule has 8 rings (SSSR count). The number of methoxy groups -OCH3 is 3. The van der Waals surface area contributed by atoms with Gasteiger partial charge in [-0.1, -0.05) is 25.1 Å². The van der Waals surface area contributed by atoms with Gasteiger partial charge in [-0.15, -0.1) is 0 Å². The third-order valence-corrected chi connectivity index (χ3v) is 10.8. The zero-order chi connectivity index (χ0) is 33.0. The molecule has 3 N–H and O–H groups in total. The van der Waals surface area contributed by atoms with Gasteiger partial charge in [-0.25, -0.2) is 0 Å². The molecule has 3 fully saturated rings. The molecule has 3 aromatic carbocycles. The van der Waals surface area contributed by atoms with E-state index in [1.807, 2.05) is 44.2 Å². The SMILES string of the molecule is COc1ccc(CO[C@H]2C[C@@H](C)C(=O)c3c2c(CO)c2cc(C)c4c(c2c3O)OC2(OC)C3OC(C(CO)OC)(OC43)C23CO3)cc1. The molecule has 5 aliphatic rings. The summed E-state index contributed by atoms with van der Waals surface area (Å²) in [5.74, 6) is -3.03. The number of hydrogen-bond donors (Lipinski definition) is 3. The second kappa shape index (κ2) is 10.6. The normalized spacial score (nSPS) is 33.6. The van der Waals surface area contributed by atoms with Crippen LogP contribution in [0.5, 0.6) is 17.2 Å². The fourth-order valence-electron chi connectivity index (χ4n) is 8.45. The third kappa shape index (κ3) is 3.78. The van der Waals surface area contributed by atoms with Gasteiger partial charge >= 0.3 is 0 Å². The molecule has 1 spiro atoms. The first-order chi connectivity index (χ1) is 22.7. The maximum atomic E-state index is 13.9. The van der Waals surface area contributed by atoms with Gasteiger partial charge in [-0.2, -0.15) is 0 Å². The summed E-state index contributed by atoms with van der Waals surface area (Å²) in [6.45, 7) is 3.28. The van der Waals surface area contributed by atoms with Gasteiger partial charge < -0.3 is 53.2 Å². The summed E-state index contributed by atoms with van der Waals surface area (Å²) in [5, 5.41) is 34.1. The highest BCUT2D eigenvalue weighted by Crippen LogP contribution is 2.71. The summed E-state index contributed by atoms with van der Waals surface area (Å²) in [5.41, 5.74) is 2.03. The first kappa shape index (κ1) is 31.0. The molecule has 12 heteroatoms. The highest BCUT2D eigenvalue weighted by Gasteiger charge is 2.92. The topological polar surface area (TPSA) is 155 Å². The predicted octanol–water partition coefficient (Wildman–Crippen LogP) is 3.51. The molecular formula is C35H38O12. The zero-order valence-corrected chi connectivity index (χ0v) is 26.8. The van der Waals surface area contributed by atoms with Crippen LogP contribution in [-0.2, 0) is 41.6 Å². The van der Waals surface area contributed by atoms with Gasteiger partial charge in [0.2, 0.25) is 11.4 Å². The lowest BCUT2D eigenvalue weighted by atomic mass is 9.75. The number of Topliss-reactive ketones (excluding diaryl/α,β-unsaturated/α-hetero) is 1. The summed E-state index contributed by atoms with van der Waals surface area (Å²) in [4.78, 5) is 13.9. The number of rotatable bonds is 9. The van der Waals surface area contributed by atoms with Crippen LogP contribution >= 0.6 is 0 Å². The summed E-state index contributed by atoms with van der Waals surface area (Å²) < 4.78 is 49.4. The minimum Gasteiger partial charge on any atom is -0.506 e. The number of phenols is 1. The van der Waals surface area contributed by atoms with E-state index >= 15 is 0 Å². The molecule has 47 heavy (non-hydrogen) atoms. The summed E-state index contributed by atoms with van der Waals surface area (Å²) in [6, 6.07) is 9.37. The maximum absolute atomic E-state index is 13.9. The number of benzene rings is 3. The Morgan fingerprint density at radius 2 is 1.83 bits per heavy atom. The van der Waals surface area contributed by atoms with E-state index in [4.69, 9.17) is 37.9 Å². The standard InChI is InChI=1S/C35H38O12/c1-16-10-20-21(12-36)25-22(43-14-18-6-8-19(40-3)9-7-18)11-17(2)28(38)27(25)29(39)26(20)30-24(16)31-32-35(42-5,45-30)33(15-44-33)34(46-31,47-32)23(13-37)41-4/h6-10,17,22-23,31-32,36-37,39H,11-15H2,1-5H3/t17-,22+,23?,31?,32?,33?,34?,35?/m1/s1. The molecule has 8 atom stereocenters. The Morgan fingerprint density at radius 1 is 1.09 bits per heavy atom. The highest BCUT2D eigenvalue weighted by molar-refractivity contribution is 6.11. The molecule has 12 nitrogen and oxygen atoms in total. The van der Waals surface area contributed by atoms with Crippen LogP contribution in [0.2, 0.25) is 0 Å². The van der Waals surface area contributed by atoms with E-state index in [0.29, 0.717) is 28.5 Å². The number of carbonyl (C=O) groups is 1. The second-order valence-corrected chi connectivity index (χ2v) is 13.0. The number of carbonyl (C=O) groups excluding carboxylic acids is 1. The van der Waals surface area contributed by atoms with E-state index in [1.54, 1.807) is 7.11 Å². The molecular weight excluding hydrogens is 612 g/mol. The van der Waals surface area contributed by atoms with Gasteiger partial charge in [0.15, 0.2) is 11.9 Å². The van der Waals surface area contributed by atoms with Gasteiger partial charge in [0.1, 0.15) is 29.5 Å². The van der Waals surface area contributed by atoms with Crippen molar-refractivity contribution in [1.29, 1.82) is 0 Å². The molecule has 6 unspecified atom stereocenters. The minimum atomic E-state index is -1.53. The van der Waals surface area contributed by atoms with Crippen molar-refractivity contribution in [3.8, 4) is 17.2 Å². The minimum absolute atomic E-state index is 0.104. The predicted molar refractivity (Wildman–Crippen MR) is 163 cm³/mol. The van der Waals surface area contributed by atoms with Gasteiger partial charge in [0.25, 0.3) is 5.79 Å². The molecule has 2 bridgehead atoms. The first-order valence-electron chi connectivity index (χ1n) is 15.8. The maximum Gasteiger partial charge on any atom is 0.276 e. The molecule has 0 saturated carbocycles. The number of fused-ring (bicyclic) bond motifs is 8. The van der Waals surface area contributed by atoms with Crippen LogP contribution in [0, 0.1) is 12.8 Å². The number of ketones is 1. The van der Waals surface area contributed by atoms with Gasteiger partial charge in [-0.3, -0.25) is 4.79 Å². The van der Waals surface area contributed by atoms with Crippen molar-refractivity contribution >= 4 is 16.6 Å². The Bertz CT molecular complexity index is 1780. The summed E-state index contributed by atoms with van der Waals surface area (Å²) >= 11 is 0. The Hall–Kier alpha value is -3.33. The molecule has 250 valence electrons. The average molecular weight is 651 g/mol. The second-order valence-electron chi connectivity index (χ2n) is 13.0. The van der Waals surface area contributed by atoms with E-state index in [9.17, 15) is 20.1 Å². The molecule has 1 aliphatic carbocycles. The molecule has 4 aliphatic heterocycles. The van der Waals surface area contributed by atoms with E-state index < -0.39 is 60.7 Å².